The van der Waals surface area contributed by atoms with Gasteiger partial charge >= 0.3 is 5.96 Å². The molecule has 0 aliphatic carbocycles. The molecule has 21 heavy (non-hydrogen) atoms. The molecule has 0 amide bonds. The second-order valence-corrected chi connectivity index (χ2v) is 5.69. The number of hydrazine groups is 1. The number of hydrogen-bond donors (Lipinski definition) is 2. The minimum absolute atomic E-state index is 0. The Kier molecular flexibility index (Phi) is 13.3. The summed E-state index contributed by atoms with van der Waals surface area (Å²) >= 11 is 0. The van der Waals surface area contributed by atoms with Crippen molar-refractivity contribution in [3.05, 3.63) is 0 Å². The number of unbranched alkanes of at least 4 members (excludes halogenated alkanes) is 2. The lowest BCUT2D eigenvalue weighted by Crippen LogP contribution is -3.00. The molecule has 0 fully saturated rings. The summed E-state index contributed by atoms with van der Waals surface area (Å²) in [7, 11) is 4.17. The summed E-state index contributed by atoms with van der Waals surface area (Å²) in [5.41, 5.74) is 3.28. The molecule has 0 aromatic rings. The van der Waals surface area contributed by atoms with Crippen molar-refractivity contribution in [2.45, 2.75) is 53.4 Å². The molecule has 0 saturated carbocycles. The number of nitrogens with zero attached hydrogens (tertiary/aromatic N) is 3. The molecular formula is C15H36ClN5. The van der Waals surface area contributed by atoms with Crippen LogP contribution in [-0.4, -0.2) is 60.8 Å². The molecule has 0 atom stereocenters. The number of halogens is 1. The first kappa shape index (κ1) is 22.9. The van der Waals surface area contributed by atoms with E-state index in [1.54, 1.807) is 0 Å². The summed E-state index contributed by atoms with van der Waals surface area (Å²) in [6, 6.07) is 0. The van der Waals surface area contributed by atoms with E-state index in [0.717, 1.165) is 32.6 Å². The van der Waals surface area contributed by atoms with Gasteiger partial charge in [0.1, 0.15) is 0 Å². The quantitative estimate of drug-likeness (QED) is 0.250. The van der Waals surface area contributed by atoms with Gasteiger partial charge in [-0.25, -0.2) is 10.4 Å². The Morgan fingerprint density at radius 1 is 0.952 bits per heavy atom. The van der Waals surface area contributed by atoms with E-state index in [2.05, 4.69) is 57.2 Å². The average Bonchev–Trinajstić information content (AvgIpc) is 2.43. The highest BCUT2D eigenvalue weighted by molar-refractivity contribution is 5.68. The summed E-state index contributed by atoms with van der Waals surface area (Å²) in [5.74, 6) is 0.543. The van der Waals surface area contributed by atoms with Crippen molar-refractivity contribution in [3.8, 4) is 0 Å². The van der Waals surface area contributed by atoms with Crippen LogP contribution in [0.1, 0.15) is 53.4 Å². The van der Waals surface area contributed by atoms with Crippen LogP contribution in [0.3, 0.4) is 0 Å². The second kappa shape index (κ2) is 12.2. The lowest BCUT2D eigenvalue weighted by Gasteiger charge is -2.39. The maximum atomic E-state index is 8.41. The van der Waals surface area contributed by atoms with Crippen LogP contribution in [0.4, 0.5) is 0 Å². The first-order valence-corrected chi connectivity index (χ1v) is 8.13. The van der Waals surface area contributed by atoms with Gasteiger partial charge in [0.05, 0.1) is 14.1 Å². The summed E-state index contributed by atoms with van der Waals surface area (Å²) in [6.07, 6.45) is 4.71. The molecule has 0 aliphatic rings. The van der Waals surface area contributed by atoms with E-state index in [9.17, 15) is 0 Å². The van der Waals surface area contributed by atoms with Crippen molar-refractivity contribution in [1.82, 2.24) is 15.4 Å². The molecule has 0 aromatic carbocycles. The molecule has 0 aromatic heterocycles. The van der Waals surface area contributed by atoms with Crippen molar-refractivity contribution in [1.29, 1.82) is 5.41 Å². The Bertz CT molecular complexity index is 271. The zero-order valence-corrected chi connectivity index (χ0v) is 15.6. The van der Waals surface area contributed by atoms with Crippen molar-refractivity contribution in [2.75, 3.05) is 40.3 Å². The predicted molar refractivity (Wildman–Crippen MR) is 87.3 cm³/mol. The van der Waals surface area contributed by atoms with Crippen molar-refractivity contribution < 1.29 is 17.0 Å². The molecule has 2 N–H and O–H groups in total. The molecule has 0 bridgehead atoms. The number of nitrogens with one attached hydrogen (secondary N) is 2. The Balaban J connectivity index is 0. The van der Waals surface area contributed by atoms with Crippen LogP contribution in [0.2, 0.25) is 0 Å². The van der Waals surface area contributed by atoms with Gasteiger partial charge in [0.2, 0.25) is 0 Å². The number of guanidine groups is 1. The number of hydrogen-bond acceptors (Lipinski definition) is 3. The molecule has 5 nitrogen and oxygen atoms in total. The fraction of sp³-hybridized carbons (Fsp3) is 0.933. The average molecular weight is 322 g/mol. The number of quaternary nitrogens is 1. The van der Waals surface area contributed by atoms with Crippen LogP contribution in [0.5, 0.6) is 0 Å². The second-order valence-electron chi connectivity index (χ2n) is 5.69. The maximum absolute atomic E-state index is 8.41. The highest BCUT2D eigenvalue weighted by Crippen LogP contribution is 2.08. The fourth-order valence-electron chi connectivity index (χ4n) is 2.16. The van der Waals surface area contributed by atoms with Crippen LogP contribution < -0.4 is 17.8 Å². The first-order chi connectivity index (χ1) is 9.43. The Morgan fingerprint density at radius 3 is 1.90 bits per heavy atom. The van der Waals surface area contributed by atoms with Crippen molar-refractivity contribution in [3.63, 3.8) is 0 Å². The Labute approximate surface area is 138 Å². The molecule has 0 aliphatic heterocycles. The van der Waals surface area contributed by atoms with Crippen LogP contribution in [0, 0.1) is 5.41 Å². The largest absolute Gasteiger partial charge is 1.00 e. The van der Waals surface area contributed by atoms with Crippen LogP contribution in [-0.2, 0) is 0 Å². The van der Waals surface area contributed by atoms with E-state index in [-0.39, 0.29) is 12.4 Å². The van der Waals surface area contributed by atoms with Gasteiger partial charge in [-0.05, 0) is 19.8 Å². The number of rotatable bonds is 10. The maximum Gasteiger partial charge on any atom is 0.329 e. The van der Waals surface area contributed by atoms with Gasteiger partial charge in [-0.2, -0.15) is 4.59 Å². The van der Waals surface area contributed by atoms with E-state index < -0.39 is 0 Å². The molecule has 128 valence electrons. The SMILES string of the molecule is CCCCN(CC)NC(=N)[N+](C)(C)N(CC)CCCC.[Cl-]. The van der Waals surface area contributed by atoms with Gasteiger partial charge in [-0.15, -0.1) is 5.01 Å². The lowest BCUT2D eigenvalue weighted by molar-refractivity contribution is -0.928. The normalized spacial score (nSPS) is 11.6. The predicted octanol–water partition coefficient (Wildman–Crippen LogP) is -0.335. The van der Waals surface area contributed by atoms with Gasteiger partial charge in [-0.3, -0.25) is 5.43 Å². The molecule has 0 heterocycles. The van der Waals surface area contributed by atoms with Gasteiger partial charge < -0.3 is 12.4 Å². The Morgan fingerprint density at radius 2 is 1.48 bits per heavy atom. The van der Waals surface area contributed by atoms with Crippen LogP contribution in [0.15, 0.2) is 0 Å². The zero-order valence-electron chi connectivity index (χ0n) is 14.9. The van der Waals surface area contributed by atoms with Crippen molar-refractivity contribution >= 4 is 5.96 Å². The minimum atomic E-state index is 0. The Hall–Kier alpha value is -0.360. The summed E-state index contributed by atoms with van der Waals surface area (Å²) in [6.45, 7) is 12.6. The van der Waals surface area contributed by atoms with E-state index in [1.165, 1.54) is 19.3 Å². The highest BCUT2D eigenvalue weighted by Gasteiger charge is 2.31. The molecule has 0 radical (unpaired) electrons. The highest BCUT2D eigenvalue weighted by atomic mass is 35.5. The third-order valence-corrected chi connectivity index (χ3v) is 3.82. The van der Waals surface area contributed by atoms with Gasteiger partial charge in [-0.1, -0.05) is 33.6 Å². The van der Waals surface area contributed by atoms with Crippen LogP contribution >= 0.6 is 0 Å². The van der Waals surface area contributed by atoms with E-state index in [4.69, 9.17) is 5.41 Å². The third-order valence-electron chi connectivity index (χ3n) is 3.82. The topological polar surface area (TPSA) is 42.4 Å². The van der Waals surface area contributed by atoms with Gasteiger partial charge in [0, 0.05) is 26.2 Å². The van der Waals surface area contributed by atoms with Gasteiger partial charge in [0.25, 0.3) is 0 Å². The van der Waals surface area contributed by atoms with Gasteiger partial charge in [0.15, 0.2) is 0 Å². The summed E-state index contributed by atoms with van der Waals surface area (Å²) in [4.78, 5) is 0. The lowest BCUT2D eigenvalue weighted by atomic mass is 10.3. The van der Waals surface area contributed by atoms with E-state index >= 15 is 0 Å². The molecule has 0 spiro atoms. The molecule has 0 unspecified atom stereocenters. The molecule has 0 rings (SSSR count). The standard InChI is InChI=1S/C15H36N5.ClH/c1-7-11-13-18(9-3)17-15(16)20(5,6)19(10-4)14-12-8-2;/h7-14H2,1-6H3,(H2,16,17);1H/q+1;/p-1. The van der Waals surface area contributed by atoms with E-state index in [1.807, 2.05) is 0 Å². The molecule has 0 saturated heterocycles. The van der Waals surface area contributed by atoms with E-state index in [0.29, 0.717) is 10.6 Å². The summed E-state index contributed by atoms with van der Waals surface area (Å²) in [5, 5.41) is 12.9. The minimum Gasteiger partial charge on any atom is -1.00 e. The van der Waals surface area contributed by atoms with Crippen LogP contribution in [0.25, 0.3) is 0 Å². The first-order valence-electron chi connectivity index (χ1n) is 8.13. The van der Waals surface area contributed by atoms with Crippen molar-refractivity contribution in [2.24, 2.45) is 0 Å². The third kappa shape index (κ3) is 8.00. The smallest absolute Gasteiger partial charge is 0.329 e. The fourth-order valence-corrected chi connectivity index (χ4v) is 2.16. The molecular weight excluding hydrogens is 286 g/mol. The molecule has 6 heteroatoms. The zero-order chi connectivity index (χ0) is 15.6. The monoisotopic (exact) mass is 321 g/mol. The summed E-state index contributed by atoms with van der Waals surface area (Å²) < 4.78 is 0.485.